The van der Waals surface area contributed by atoms with Crippen LogP contribution in [0.2, 0.25) is 0 Å². The smallest absolute Gasteiger partial charge is 0.0528 e. The van der Waals surface area contributed by atoms with Gasteiger partial charge in [0.25, 0.3) is 0 Å². The number of nitrogens with one attached hydrogen (secondary N) is 1. The van der Waals surface area contributed by atoms with E-state index in [1.54, 1.807) is 0 Å². The first kappa shape index (κ1) is 10.2. The number of rotatable bonds is 3. The Morgan fingerprint density at radius 2 is 2.24 bits per heavy atom. The summed E-state index contributed by atoms with van der Waals surface area (Å²) in [5, 5.41) is 5.00. The molecule has 0 atom stereocenters. The highest BCUT2D eigenvalue weighted by molar-refractivity contribution is 9.10. The van der Waals surface area contributed by atoms with Crippen molar-refractivity contribution in [3.8, 4) is 0 Å². The van der Waals surface area contributed by atoms with Crippen molar-refractivity contribution in [1.29, 1.82) is 0 Å². The molecular formula is C14H15BrN2. The standard InChI is InChI=1S/C14H15BrN2/c15-13-11-3-1-2-9-6-7-17(14(9)11)12(13)8-16-10-4-5-10/h1-3,10,16H,4-8H2. The van der Waals surface area contributed by atoms with Crippen molar-refractivity contribution in [3.05, 3.63) is 33.9 Å². The van der Waals surface area contributed by atoms with Gasteiger partial charge in [-0.25, -0.2) is 0 Å². The van der Waals surface area contributed by atoms with E-state index < -0.39 is 0 Å². The van der Waals surface area contributed by atoms with Gasteiger partial charge in [0.15, 0.2) is 0 Å². The number of hydrogen-bond donors (Lipinski definition) is 1. The third kappa shape index (κ3) is 1.49. The van der Waals surface area contributed by atoms with E-state index in [-0.39, 0.29) is 0 Å². The highest BCUT2D eigenvalue weighted by Gasteiger charge is 2.25. The van der Waals surface area contributed by atoms with Gasteiger partial charge in [0, 0.05) is 34.7 Å². The number of para-hydroxylation sites is 1. The van der Waals surface area contributed by atoms with Gasteiger partial charge in [0.05, 0.1) is 5.52 Å². The summed E-state index contributed by atoms with van der Waals surface area (Å²) in [6.07, 6.45) is 3.89. The Morgan fingerprint density at radius 1 is 1.35 bits per heavy atom. The quantitative estimate of drug-likeness (QED) is 0.919. The lowest BCUT2D eigenvalue weighted by molar-refractivity contribution is 0.629. The SMILES string of the molecule is Brc1c(CNC2CC2)n2c3c(cccc13)CC2. The van der Waals surface area contributed by atoms with Crippen LogP contribution in [0.4, 0.5) is 0 Å². The third-order valence-electron chi connectivity index (χ3n) is 3.95. The molecule has 1 aromatic heterocycles. The summed E-state index contributed by atoms with van der Waals surface area (Å²) in [5.41, 5.74) is 4.38. The predicted octanol–water partition coefficient (Wildman–Crippen LogP) is 3.21. The molecule has 88 valence electrons. The second-order valence-corrected chi connectivity index (χ2v) is 5.92. The minimum absolute atomic E-state index is 0.772. The van der Waals surface area contributed by atoms with Crippen LogP contribution in [-0.2, 0) is 19.5 Å². The second-order valence-electron chi connectivity index (χ2n) is 5.13. The molecule has 4 rings (SSSR count). The molecule has 0 spiro atoms. The monoisotopic (exact) mass is 290 g/mol. The maximum atomic E-state index is 3.78. The Morgan fingerprint density at radius 3 is 3.06 bits per heavy atom. The first-order valence-electron chi connectivity index (χ1n) is 6.36. The molecule has 1 aromatic carbocycles. The number of aromatic nitrogens is 1. The summed E-state index contributed by atoms with van der Waals surface area (Å²) < 4.78 is 3.78. The highest BCUT2D eigenvalue weighted by atomic mass is 79.9. The van der Waals surface area contributed by atoms with E-state index in [9.17, 15) is 0 Å². The highest BCUT2D eigenvalue weighted by Crippen LogP contribution is 2.37. The van der Waals surface area contributed by atoms with Crippen molar-refractivity contribution < 1.29 is 0 Å². The Hall–Kier alpha value is -0.800. The molecule has 2 heterocycles. The fourth-order valence-electron chi connectivity index (χ4n) is 2.88. The molecule has 2 nitrogen and oxygen atoms in total. The molecule has 1 aliphatic carbocycles. The van der Waals surface area contributed by atoms with Crippen LogP contribution < -0.4 is 5.32 Å². The van der Waals surface area contributed by atoms with Crippen LogP contribution in [0.5, 0.6) is 0 Å². The van der Waals surface area contributed by atoms with Gasteiger partial charge in [0.2, 0.25) is 0 Å². The average Bonchev–Trinajstić information content (AvgIpc) is 3.01. The molecule has 0 radical (unpaired) electrons. The molecule has 1 aliphatic heterocycles. The molecule has 3 heteroatoms. The van der Waals surface area contributed by atoms with Crippen molar-refractivity contribution >= 4 is 26.8 Å². The Balaban J connectivity index is 1.84. The van der Waals surface area contributed by atoms with Crippen LogP contribution in [-0.4, -0.2) is 10.6 Å². The van der Waals surface area contributed by atoms with Crippen LogP contribution in [0.15, 0.2) is 22.7 Å². The summed E-state index contributed by atoms with van der Waals surface area (Å²) in [7, 11) is 0. The van der Waals surface area contributed by atoms with Crippen molar-refractivity contribution in [2.75, 3.05) is 0 Å². The molecular weight excluding hydrogens is 276 g/mol. The minimum atomic E-state index is 0.772. The van der Waals surface area contributed by atoms with Crippen molar-refractivity contribution in [3.63, 3.8) is 0 Å². The lowest BCUT2D eigenvalue weighted by Crippen LogP contribution is -2.18. The lowest BCUT2D eigenvalue weighted by atomic mass is 10.1. The first-order valence-corrected chi connectivity index (χ1v) is 7.16. The number of hydrogen-bond acceptors (Lipinski definition) is 1. The molecule has 1 N–H and O–H groups in total. The van der Waals surface area contributed by atoms with Crippen molar-refractivity contribution in [1.82, 2.24) is 9.88 Å². The number of benzene rings is 1. The van der Waals surface area contributed by atoms with Crippen LogP contribution in [0, 0.1) is 0 Å². The fraction of sp³-hybridized carbons (Fsp3) is 0.429. The van der Waals surface area contributed by atoms with Crippen LogP contribution >= 0.6 is 15.9 Å². The first-order chi connectivity index (χ1) is 8.34. The summed E-state index contributed by atoms with van der Waals surface area (Å²) in [6, 6.07) is 7.44. The maximum Gasteiger partial charge on any atom is 0.0528 e. The average molecular weight is 291 g/mol. The summed E-state index contributed by atoms with van der Waals surface area (Å²) in [6.45, 7) is 2.14. The van der Waals surface area contributed by atoms with E-state index >= 15 is 0 Å². The van der Waals surface area contributed by atoms with Gasteiger partial charge in [-0.1, -0.05) is 18.2 Å². The van der Waals surface area contributed by atoms with Crippen molar-refractivity contribution in [2.45, 2.75) is 38.4 Å². The summed E-state index contributed by atoms with van der Waals surface area (Å²) >= 11 is 3.78. The minimum Gasteiger partial charge on any atom is -0.342 e. The lowest BCUT2D eigenvalue weighted by Gasteiger charge is -2.07. The molecule has 1 saturated carbocycles. The van der Waals surface area contributed by atoms with Gasteiger partial charge in [-0.15, -0.1) is 0 Å². The Labute approximate surface area is 109 Å². The largest absolute Gasteiger partial charge is 0.342 e. The van der Waals surface area contributed by atoms with E-state index in [1.807, 2.05) is 0 Å². The zero-order valence-electron chi connectivity index (χ0n) is 9.67. The van der Waals surface area contributed by atoms with E-state index in [0.29, 0.717) is 0 Å². The van der Waals surface area contributed by atoms with E-state index in [2.05, 4.69) is 44.0 Å². The number of halogens is 1. The van der Waals surface area contributed by atoms with Gasteiger partial charge in [-0.05, 0) is 40.8 Å². The predicted molar refractivity (Wildman–Crippen MR) is 73.2 cm³/mol. The third-order valence-corrected chi connectivity index (χ3v) is 4.83. The van der Waals surface area contributed by atoms with Crippen LogP contribution in [0.3, 0.4) is 0 Å². The molecule has 0 amide bonds. The number of nitrogens with zero attached hydrogens (tertiary/aromatic N) is 1. The van der Waals surface area contributed by atoms with Gasteiger partial charge in [-0.3, -0.25) is 0 Å². The molecule has 2 aromatic rings. The maximum absolute atomic E-state index is 3.78. The van der Waals surface area contributed by atoms with Crippen molar-refractivity contribution in [2.24, 2.45) is 0 Å². The van der Waals surface area contributed by atoms with E-state index in [4.69, 9.17) is 0 Å². The molecule has 17 heavy (non-hydrogen) atoms. The number of aryl methyl sites for hydroxylation is 2. The normalized spacial score (nSPS) is 18.2. The van der Waals surface area contributed by atoms with Gasteiger partial charge >= 0.3 is 0 Å². The molecule has 0 unspecified atom stereocenters. The fourth-order valence-corrected chi connectivity index (χ4v) is 3.55. The summed E-state index contributed by atoms with van der Waals surface area (Å²) in [5.74, 6) is 0. The molecule has 1 fully saturated rings. The summed E-state index contributed by atoms with van der Waals surface area (Å²) in [4.78, 5) is 0. The topological polar surface area (TPSA) is 17.0 Å². The molecule has 0 saturated heterocycles. The molecule has 0 bridgehead atoms. The Bertz CT molecular complexity index is 596. The van der Waals surface area contributed by atoms with Gasteiger partial charge in [-0.2, -0.15) is 0 Å². The van der Waals surface area contributed by atoms with E-state index in [0.717, 1.165) is 19.1 Å². The zero-order valence-corrected chi connectivity index (χ0v) is 11.3. The van der Waals surface area contributed by atoms with Crippen LogP contribution in [0.25, 0.3) is 10.9 Å². The zero-order chi connectivity index (χ0) is 11.4. The second kappa shape index (κ2) is 3.59. The van der Waals surface area contributed by atoms with Crippen LogP contribution in [0.1, 0.15) is 24.1 Å². The molecule has 2 aliphatic rings. The Kier molecular flexibility index (Phi) is 2.15. The van der Waals surface area contributed by atoms with Gasteiger partial charge < -0.3 is 9.88 Å². The van der Waals surface area contributed by atoms with Gasteiger partial charge in [0.1, 0.15) is 0 Å². The van der Waals surface area contributed by atoms with E-state index in [1.165, 1.54) is 45.9 Å².